The summed E-state index contributed by atoms with van der Waals surface area (Å²) in [4.78, 5) is 0. The zero-order chi connectivity index (χ0) is 18.1. The maximum absolute atomic E-state index is 15.1. The lowest BCUT2D eigenvalue weighted by Gasteiger charge is -2.09. The van der Waals surface area contributed by atoms with Crippen LogP contribution in [0.4, 0.5) is 4.39 Å². The van der Waals surface area contributed by atoms with E-state index in [4.69, 9.17) is 11.6 Å². The van der Waals surface area contributed by atoms with Gasteiger partial charge < -0.3 is 0 Å². The standard InChI is InChI=1S/C24H18ClF/c1-2-16-3-5-17(6-4-16)19-9-13-23-20(15-19)10-14-22(24(23)26)18-7-11-21(25)12-8-18/h3-15H,2H2,1H3. The van der Waals surface area contributed by atoms with Gasteiger partial charge in [-0.05, 0) is 52.3 Å². The lowest BCUT2D eigenvalue weighted by Crippen LogP contribution is -1.88. The Morgan fingerprint density at radius 3 is 2.08 bits per heavy atom. The van der Waals surface area contributed by atoms with E-state index >= 15 is 4.39 Å². The summed E-state index contributed by atoms with van der Waals surface area (Å²) in [5, 5.41) is 2.18. The van der Waals surface area contributed by atoms with E-state index in [-0.39, 0.29) is 5.82 Å². The highest BCUT2D eigenvalue weighted by Crippen LogP contribution is 2.32. The summed E-state index contributed by atoms with van der Waals surface area (Å²) < 4.78 is 15.1. The van der Waals surface area contributed by atoms with Gasteiger partial charge in [-0.25, -0.2) is 4.39 Å². The zero-order valence-electron chi connectivity index (χ0n) is 14.5. The summed E-state index contributed by atoms with van der Waals surface area (Å²) in [6.07, 6.45) is 1.02. The van der Waals surface area contributed by atoms with Crippen LogP contribution in [-0.2, 0) is 6.42 Å². The summed E-state index contributed by atoms with van der Waals surface area (Å²) in [6.45, 7) is 2.14. The molecule has 0 radical (unpaired) electrons. The Morgan fingerprint density at radius 1 is 0.731 bits per heavy atom. The third-order valence-electron chi connectivity index (χ3n) is 4.80. The van der Waals surface area contributed by atoms with E-state index in [0.717, 1.165) is 28.5 Å². The highest BCUT2D eigenvalue weighted by atomic mass is 35.5. The predicted octanol–water partition coefficient (Wildman–Crippen LogP) is 7.53. The lowest BCUT2D eigenvalue weighted by molar-refractivity contribution is 0.643. The monoisotopic (exact) mass is 360 g/mol. The van der Waals surface area contributed by atoms with Crippen molar-refractivity contribution in [2.24, 2.45) is 0 Å². The van der Waals surface area contributed by atoms with Crippen molar-refractivity contribution in [1.29, 1.82) is 0 Å². The summed E-state index contributed by atoms with van der Waals surface area (Å²) in [7, 11) is 0. The first-order chi connectivity index (χ1) is 12.7. The van der Waals surface area contributed by atoms with Gasteiger partial charge >= 0.3 is 0 Å². The van der Waals surface area contributed by atoms with Gasteiger partial charge in [-0.2, -0.15) is 0 Å². The minimum atomic E-state index is -0.197. The minimum Gasteiger partial charge on any atom is -0.206 e. The SMILES string of the molecule is CCc1ccc(-c2ccc3c(F)c(-c4ccc(Cl)cc4)ccc3c2)cc1. The average Bonchev–Trinajstić information content (AvgIpc) is 2.69. The Labute approximate surface area is 157 Å². The largest absolute Gasteiger partial charge is 0.206 e. The summed E-state index contributed by atoms with van der Waals surface area (Å²) in [5.74, 6) is -0.197. The molecule has 0 saturated carbocycles. The number of hydrogen-bond donors (Lipinski definition) is 0. The topological polar surface area (TPSA) is 0 Å². The molecule has 0 N–H and O–H groups in total. The molecule has 4 aromatic carbocycles. The number of benzene rings is 4. The number of fused-ring (bicyclic) bond motifs is 1. The third kappa shape index (κ3) is 3.11. The molecule has 0 fully saturated rings. The molecule has 0 unspecified atom stereocenters. The van der Waals surface area contributed by atoms with Gasteiger partial charge in [0, 0.05) is 16.0 Å². The molecule has 4 rings (SSSR count). The molecule has 0 aromatic heterocycles. The van der Waals surface area contributed by atoms with Gasteiger partial charge in [0.05, 0.1) is 0 Å². The number of halogens is 2. The number of rotatable bonds is 3. The van der Waals surface area contributed by atoms with Gasteiger partial charge in [-0.15, -0.1) is 0 Å². The lowest BCUT2D eigenvalue weighted by atomic mass is 9.96. The Hall–Kier alpha value is -2.64. The summed E-state index contributed by atoms with van der Waals surface area (Å²) in [6, 6.07) is 25.5. The first-order valence-corrected chi connectivity index (χ1v) is 9.11. The first-order valence-electron chi connectivity index (χ1n) is 8.73. The van der Waals surface area contributed by atoms with Gasteiger partial charge in [0.15, 0.2) is 0 Å². The zero-order valence-corrected chi connectivity index (χ0v) is 15.2. The van der Waals surface area contributed by atoms with Crippen LogP contribution < -0.4 is 0 Å². The van der Waals surface area contributed by atoms with Crippen LogP contribution in [0, 0.1) is 5.82 Å². The quantitative estimate of drug-likeness (QED) is 0.354. The highest BCUT2D eigenvalue weighted by Gasteiger charge is 2.10. The molecule has 0 amide bonds. The molecule has 0 aliphatic carbocycles. The second kappa shape index (κ2) is 6.93. The number of hydrogen-bond acceptors (Lipinski definition) is 0. The highest BCUT2D eigenvalue weighted by molar-refractivity contribution is 6.30. The normalized spacial score (nSPS) is 11.0. The molecule has 0 nitrogen and oxygen atoms in total. The second-order valence-corrected chi connectivity index (χ2v) is 6.86. The summed E-state index contributed by atoms with van der Waals surface area (Å²) in [5.41, 5.74) is 4.97. The third-order valence-corrected chi connectivity index (χ3v) is 5.06. The van der Waals surface area contributed by atoms with E-state index in [2.05, 4.69) is 31.2 Å². The fourth-order valence-corrected chi connectivity index (χ4v) is 3.38. The molecular weight excluding hydrogens is 343 g/mol. The molecule has 0 bridgehead atoms. The summed E-state index contributed by atoms with van der Waals surface area (Å²) >= 11 is 5.93. The average molecular weight is 361 g/mol. The molecular formula is C24H18ClF. The first kappa shape index (κ1) is 16.8. The van der Waals surface area contributed by atoms with Crippen LogP contribution in [0.5, 0.6) is 0 Å². The van der Waals surface area contributed by atoms with Crippen LogP contribution in [0.1, 0.15) is 12.5 Å². The van der Waals surface area contributed by atoms with Gasteiger partial charge in [0.1, 0.15) is 5.82 Å². The van der Waals surface area contributed by atoms with Crippen LogP contribution in [0.3, 0.4) is 0 Å². The fraction of sp³-hybridized carbons (Fsp3) is 0.0833. The Kier molecular flexibility index (Phi) is 4.48. The Morgan fingerprint density at radius 2 is 1.38 bits per heavy atom. The van der Waals surface area contributed by atoms with Crippen molar-refractivity contribution in [2.75, 3.05) is 0 Å². The van der Waals surface area contributed by atoms with Crippen LogP contribution in [0.15, 0.2) is 78.9 Å². The van der Waals surface area contributed by atoms with Crippen molar-refractivity contribution in [1.82, 2.24) is 0 Å². The van der Waals surface area contributed by atoms with Crippen molar-refractivity contribution in [3.63, 3.8) is 0 Å². The van der Waals surface area contributed by atoms with Crippen molar-refractivity contribution >= 4 is 22.4 Å². The van der Waals surface area contributed by atoms with Crippen LogP contribution in [-0.4, -0.2) is 0 Å². The van der Waals surface area contributed by atoms with Crippen LogP contribution in [0.25, 0.3) is 33.0 Å². The maximum atomic E-state index is 15.1. The Balaban J connectivity index is 1.78. The molecule has 0 spiro atoms. The molecule has 0 atom stereocenters. The van der Waals surface area contributed by atoms with Gasteiger partial charge in [0.2, 0.25) is 0 Å². The molecule has 0 aliphatic heterocycles. The van der Waals surface area contributed by atoms with Crippen LogP contribution in [0.2, 0.25) is 5.02 Å². The predicted molar refractivity (Wildman–Crippen MR) is 109 cm³/mol. The molecule has 2 heteroatoms. The van der Waals surface area contributed by atoms with Gasteiger partial charge in [-0.1, -0.05) is 79.2 Å². The van der Waals surface area contributed by atoms with Crippen molar-refractivity contribution in [3.8, 4) is 22.3 Å². The molecule has 0 saturated heterocycles. The molecule has 26 heavy (non-hydrogen) atoms. The van der Waals surface area contributed by atoms with E-state index < -0.39 is 0 Å². The van der Waals surface area contributed by atoms with E-state index in [1.54, 1.807) is 12.1 Å². The smallest absolute Gasteiger partial charge is 0.138 e. The van der Waals surface area contributed by atoms with E-state index in [1.165, 1.54) is 5.56 Å². The Bertz CT molecular complexity index is 1060. The molecule has 128 valence electrons. The van der Waals surface area contributed by atoms with E-state index in [0.29, 0.717) is 16.0 Å². The van der Waals surface area contributed by atoms with Gasteiger partial charge in [0.25, 0.3) is 0 Å². The van der Waals surface area contributed by atoms with Gasteiger partial charge in [-0.3, -0.25) is 0 Å². The van der Waals surface area contributed by atoms with Crippen molar-refractivity contribution < 1.29 is 4.39 Å². The molecule has 4 aromatic rings. The molecule has 0 heterocycles. The van der Waals surface area contributed by atoms with Crippen molar-refractivity contribution in [2.45, 2.75) is 13.3 Å². The van der Waals surface area contributed by atoms with Crippen LogP contribution >= 0.6 is 11.6 Å². The van der Waals surface area contributed by atoms with E-state index in [9.17, 15) is 0 Å². The molecule has 0 aliphatic rings. The fourth-order valence-electron chi connectivity index (χ4n) is 3.26. The van der Waals surface area contributed by atoms with Crippen molar-refractivity contribution in [3.05, 3.63) is 95.3 Å². The minimum absolute atomic E-state index is 0.197. The second-order valence-electron chi connectivity index (χ2n) is 6.42. The van der Waals surface area contributed by atoms with E-state index in [1.807, 2.05) is 42.5 Å². The number of aryl methyl sites for hydroxylation is 1. The maximum Gasteiger partial charge on any atom is 0.138 e.